The molecule has 1 unspecified atom stereocenters. The second kappa shape index (κ2) is 7.40. The third kappa shape index (κ3) is 4.18. The van der Waals surface area contributed by atoms with Gasteiger partial charge in [0, 0.05) is 25.8 Å². The minimum absolute atomic E-state index is 0.153. The van der Waals surface area contributed by atoms with E-state index in [1.165, 1.54) is 18.9 Å². The fourth-order valence-corrected chi connectivity index (χ4v) is 3.00. The third-order valence-corrected chi connectivity index (χ3v) is 4.24. The Morgan fingerprint density at radius 1 is 1.30 bits per heavy atom. The maximum Gasteiger partial charge on any atom is 0.227 e. The van der Waals surface area contributed by atoms with Crippen molar-refractivity contribution in [3.05, 3.63) is 47.9 Å². The Morgan fingerprint density at radius 2 is 2.17 bits per heavy atom. The van der Waals surface area contributed by atoms with Crippen molar-refractivity contribution in [3.8, 4) is 0 Å². The Balaban J connectivity index is 1.58. The summed E-state index contributed by atoms with van der Waals surface area (Å²) in [7, 11) is 0. The zero-order valence-corrected chi connectivity index (χ0v) is 13.5. The van der Waals surface area contributed by atoms with Crippen LogP contribution in [0, 0.1) is 11.7 Å². The number of halogens is 1. The fraction of sp³-hybridized carbons (Fsp3) is 0.444. The first-order valence-corrected chi connectivity index (χ1v) is 8.27. The van der Waals surface area contributed by atoms with Crippen molar-refractivity contribution in [2.75, 3.05) is 29.9 Å². The molecule has 0 aliphatic carbocycles. The zero-order chi connectivity index (χ0) is 16.1. The highest BCUT2D eigenvalue weighted by atomic mass is 19.1. The van der Waals surface area contributed by atoms with Crippen LogP contribution in [-0.2, 0) is 6.42 Å². The summed E-state index contributed by atoms with van der Waals surface area (Å²) < 4.78 is 13.6. The van der Waals surface area contributed by atoms with Crippen LogP contribution in [0.1, 0.15) is 25.3 Å². The van der Waals surface area contributed by atoms with Crippen molar-refractivity contribution in [1.29, 1.82) is 0 Å². The Hall–Kier alpha value is -2.17. The quantitative estimate of drug-likeness (QED) is 0.917. The summed E-state index contributed by atoms with van der Waals surface area (Å²) in [4.78, 5) is 11.2. The van der Waals surface area contributed by atoms with Gasteiger partial charge in [-0.05, 0) is 42.9 Å². The second-order valence-electron chi connectivity index (χ2n) is 6.20. The first-order valence-electron chi connectivity index (χ1n) is 8.27. The molecule has 0 saturated carbocycles. The average Bonchev–Trinajstić information content (AvgIpc) is 2.57. The summed E-state index contributed by atoms with van der Waals surface area (Å²) in [6.07, 6.45) is 4.88. The normalized spacial score (nSPS) is 18.0. The van der Waals surface area contributed by atoms with Crippen molar-refractivity contribution in [1.82, 2.24) is 9.97 Å². The SMILES string of the molecule is CC1CCCN(c2nccc(NCCc3ccccc3F)n2)C1. The molecule has 0 amide bonds. The standard InChI is InChI=1S/C18H23FN4/c1-14-5-4-12-23(13-14)18-21-11-9-17(22-18)20-10-8-15-6-2-3-7-16(15)19/h2-3,6-7,9,11,14H,4-5,8,10,12-13H2,1H3,(H,20,21,22). The van der Waals surface area contributed by atoms with Gasteiger partial charge in [-0.15, -0.1) is 0 Å². The van der Waals surface area contributed by atoms with Crippen molar-refractivity contribution in [2.24, 2.45) is 5.92 Å². The molecule has 1 aromatic heterocycles. The molecular formula is C18H23FN4. The van der Waals surface area contributed by atoms with Crippen LogP contribution in [0.2, 0.25) is 0 Å². The zero-order valence-electron chi connectivity index (χ0n) is 13.5. The van der Waals surface area contributed by atoms with Gasteiger partial charge < -0.3 is 10.2 Å². The van der Waals surface area contributed by atoms with Gasteiger partial charge in [0.05, 0.1) is 0 Å². The molecule has 1 fully saturated rings. The lowest BCUT2D eigenvalue weighted by atomic mass is 10.0. The van der Waals surface area contributed by atoms with Crippen LogP contribution < -0.4 is 10.2 Å². The molecule has 122 valence electrons. The molecule has 2 heterocycles. The molecular weight excluding hydrogens is 291 g/mol. The predicted molar refractivity (Wildman–Crippen MR) is 91.2 cm³/mol. The van der Waals surface area contributed by atoms with Crippen LogP contribution in [0.15, 0.2) is 36.5 Å². The van der Waals surface area contributed by atoms with Crippen molar-refractivity contribution >= 4 is 11.8 Å². The first kappa shape index (κ1) is 15.7. The number of piperidine rings is 1. The number of aromatic nitrogens is 2. The lowest BCUT2D eigenvalue weighted by Gasteiger charge is -2.30. The number of nitrogens with one attached hydrogen (secondary N) is 1. The maximum absolute atomic E-state index is 13.6. The van der Waals surface area contributed by atoms with Crippen LogP contribution in [0.5, 0.6) is 0 Å². The Bertz CT molecular complexity index is 646. The molecule has 2 aromatic rings. The number of nitrogens with zero attached hydrogens (tertiary/aromatic N) is 3. The third-order valence-electron chi connectivity index (χ3n) is 4.24. The van der Waals surface area contributed by atoms with E-state index in [0.29, 0.717) is 18.9 Å². The fourth-order valence-electron chi connectivity index (χ4n) is 3.00. The maximum atomic E-state index is 13.6. The van der Waals surface area contributed by atoms with Crippen molar-refractivity contribution in [2.45, 2.75) is 26.2 Å². The van der Waals surface area contributed by atoms with E-state index < -0.39 is 0 Å². The van der Waals surface area contributed by atoms with E-state index in [1.807, 2.05) is 18.2 Å². The molecule has 23 heavy (non-hydrogen) atoms. The summed E-state index contributed by atoms with van der Waals surface area (Å²) >= 11 is 0. The molecule has 1 atom stereocenters. The number of rotatable bonds is 5. The molecule has 1 saturated heterocycles. The number of benzene rings is 1. The topological polar surface area (TPSA) is 41.1 Å². The number of hydrogen-bond donors (Lipinski definition) is 1. The Labute approximate surface area is 136 Å². The highest BCUT2D eigenvalue weighted by Crippen LogP contribution is 2.20. The van der Waals surface area contributed by atoms with Gasteiger partial charge >= 0.3 is 0 Å². The van der Waals surface area contributed by atoms with Gasteiger partial charge in [-0.3, -0.25) is 0 Å². The van der Waals surface area contributed by atoms with Gasteiger partial charge in [0.15, 0.2) is 0 Å². The van der Waals surface area contributed by atoms with Gasteiger partial charge in [-0.2, -0.15) is 4.98 Å². The van der Waals surface area contributed by atoms with Gasteiger partial charge in [0.25, 0.3) is 0 Å². The van der Waals surface area contributed by atoms with Crippen LogP contribution in [0.3, 0.4) is 0 Å². The molecule has 5 heteroatoms. The molecule has 4 nitrogen and oxygen atoms in total. The first-order chi connectivity index (χ1) is 11.2. The lowest BCUT2D eigenvalue weighted by Crippen LogP contribution is -2.35. The molecule has 1 N–H and O–H groups in total. The summed E-state index contributed by atoms with van der Waals surface area (Å²) in [5.74, 6) is 2.11. The Morgan fingerprint density at radius 3 is 3.00 bits per heavy atom. The van der Waals surface area contributed by atoms with Crippen LogP contribution in [0.4, 0.5) is 16.2 Å². The van der Waals surface area contributed by atoms with Crippen molar-refractivity contribution < 1.29 is 4.39 Å². The largest absolute Gasteiger partial charge is 0.370 e. The van der Waals surface area contributed by atoms with Gasteiger partial charge in [0.1, 0.15) is 11.6 Å². The smallest absolute Gasteiger partial charge is 0.227 e. The van der Waals surface area contributed by atoms with Crippen LogP contribution in [-0.4, -0.2) is 29.6 Å². The summed E-state index contributed by atoms with van der Waals surface area (Å²) in [6, 6.07) is 8.74. The number of hydrogen-bond acceptors (Lipinski definition) is 4. The molecule has 0 bridgehead atoms. The Kier molecular flexibility index (Phi) is 5.05. The lowest BCUT2D eigenvalue weighted by molar-refractivity contribution is 0.442. The predicted octanol–water partition coefficient (Wildman–Crippen LogP) is 3.51. The van der Waals surface area contributed by atoms with Gasteiger partial charge in [-0.25, -0.2) is 9.37 Å². The van der Waals surface area contributed by atoms with Gasteiger partial charge in [-0.1, -0.05) is 25.1 Å². The minimum Gasteiger partial charge on any atom is -0.370 e. The summed E-state index contributed by atoms with van der Waals surface area (Å²) in [5, 5.41) is 3.27. The molecule has 0 spiro atoms. The van der Waals surface area contributed by atoms with E-state index in [2.05, 4.69) is 27.1 Å². The summed E-state index contributed by atoms with van der Waals surface area (Å²) in [6.45, 7) is 4.94. The second-order valence-corrected chi connectivity index (χ2v) is 6.20. The van der Waals surface area contributed by atoms with E-state index in [4.69, 9.17) is 0 Å². The van der Waals surface area contributed by atoms with E-state index >= 15 is 0 Å². The number of anilines is 2. The van der Waals surface area contributed by atoms with E-state index in [9.17, 15) is 4.39 Å². The van der Waals surface area contributed by atoms with E-state index in [1.54, 1.807) is 12.3 Å². The average molecular weight is 314 g/mol. The van der Waals surface area contributed by atoms with Crippen LogP contribution >= 0.6 is 0 Å². The summed E-state index contributed by atoms with van der Waals surface area (Å²) in [5.41, 5.74) is 0.721. The minimum atomic E-state index is -0.153. The monoisotopic (exact) mass is 314 g/mol. The molecule has 1 aliphatic rings. The van der Waals surface area contributed by atoms with Crippen molar-refractivity contribution in [3.63, 3.8) is 0 Å². The van der Waals surface area contributed by atoms with E-state index in [0.717, 1.165) is 30.4 Å². The molecule has 1 aliphatic heterocycles. The van der Waals surface area contributed by atoms with Crippen LogP contribution in [0.25, 0.3) is 0 Å². The molecule has 0 radical (unpaired) electrons. The molecule has 1 aromatic carbocycles. The van der Waals surface area contributed by atoms with E-state index in [-0.39, 0.29) is 5.82 Å². The highest BCUT2D eigenvalue weighted by molar-refractivity contribution is 5.41. The van der Waals surface area contributed by atoms with Gasteiger partial charge in [0.2, 0.25) is 5.95 Å². The highest BCUT2D eigenvalue weighted by Gasteiger charge is 2.18. The molecule has 3 rings (SSSR count).